The predicted octanol–water partition coefficient (Wildman–Crippen LogP) is 15.6. The highest BCUT2D eigenvalue weighted by atomic mass is 79.9. The molecule has 16 atom stereocenters. The molecule has 2 amide bonds. The fourth-order valence-electron chi connectivity index (χ4n) is 17.9. The summed E-state index contributed by atoms with van der Waals surface area (Å²) < 4.78 is 66.7. The Kier molecular flexibility index (Phi) is 27.8. The van der Waals surface area contributed by atoms with Gasteiger partial charge >= 0.3 is 23.9 Å². The summed E-state index contributed by atoms with van der Waals surface area (Å²) in [5.41, 5.74) is -1.84. The number of carbonyl (C=O) groups excluding carboxylic acids is 7. The second-order valence-electron chi connectivity index (χ2n) is 36.7. The van der Waals surface area contributed by atoms with Crippen molar-refractivity contribution < 1.29 is 84.5 Å². The predicted molar refractivity (Wildman–Crippen MR) is 473 cm³/mol. The number of aromatic amines is 1. The number of fused-ring (bicyclic) bond motifs is 4. The number of pyridine rings is 2. The van der Waals surface area contributed by atoms with Gasteiger partial charge in [-0.25, -0.2) is 4.98 Å². The number of allylic oxidation sites excluding steroid dienone is 2. The van der Waals surface area contributed by atoms with E-state index in [4.69, 9.17) is 60.8 Å². The van der Waals surface area contributed by atoms with Crippen molar-refractivity contribution in [1.82, 2.24) is 40.2 Å². The van der Waals surface area contributed by atoms with Gasteiger partial charge in [-0.15, -0.1) is 33.6 Å². The monoisotopic (exact) mass is 1860 g/mol. The highest BCUT2D eigenvalue weighted by molar-refractivity contribution is 9.10. The van der Waals surface area contributed by atoms with Crippen LogP contribution in [-0.4, -0.2) is 184 Å². The number of benzene rings is 3. The Morgan fingerprint density at radius 1 is 0.629 bits per heavy atom. The number of esters is 3. The van der Waals surface area contributed by atoms with Crippen LogP contribution in [0.3, 0.4) is 0 Å². The molecule has 7 aromatic rings. The maximum atomic E-state index is 14.7. The van der Waals surface area contributed by atoms with Crippen molar-refractivity contribution in [3.8, 4) is 38.7 Å². The van der Waals surface area contributed by atoms with Crippen LogP contribution in [0.2, 0.25) is 10.0 Å². The largest absolute Gasteiger partial charge is 0.495 e. The van der Waals surface area contributed by atoms with Crippen LogP contribution in [0, 0.1) is 69.0 Å². The number of ketones is 2. The van der Waals surface area contributed by atoms with E-state index in [2.05, 4.69) is 65.1 Å². The number of aromatic nitrogens is 6. The van der Waals surface area contributed by atoms with E-state index in [1.807, 2.05) is 69.2 Å². The topological polar surface area (TPSA) is 383 Å². The molecule has 29 nitrogen and oxygen atoms in total. The molecule has 2 saturated heterocycles. The first kappa shape index (κ1) is 92.7. The summed E-state index contributed by atoms with van der Waals surface area (Å²) in [5.74, 6) is -2.47. The van der Waals surface area contributed by atoms with Crippen molar-refractivity contribution in [3.05, 3.63) is 111 Å². The number of anilines is 2. The fraction of sp³-hybridized carbons (Fsp3) is 0.551. The molecule has 3 unspecified atom stereocenters. The van der Waals surface area contributed by atoms with Gasteiger partial charge in [0.05, 0.1) is 103 Å². The number of carboxylic acids is 1. The lowest BCUT2D eigenvalue weighted by molar-refractivity contribution is -0.157. The van der Waals surface area contributed by atoms with Crippen LogP contribution in [0.25, 0.3) is 43.2 Å². The number of rotatable bonds is 31. The van der Waals surface area contributed by atoms with Gasteiger partial charge in [-0.05, 0) is 174 Å². The maximum absolute atomic E-state index is 14.7. The van der Waals surface area contributed by atoms with E-state index in [0.29, 0.717) is 117 Å². The number of hydrogen-bond acceptors (Lipinski definition) is 27. The molecule has 124 heavy (non-hydrogen) atoms. The van der Waals surface area contributed by atoms with Gasteiger partial charge in [0.25, 0.3) is 10.1 Å². The summed E-state index contributed by atoms with van der Waals surface area (Å²) >= 11 is 19.1. The Labute approximate surface area is 746 Å². The average molecular weight is 1870 g/mol. The molecule has 8 fully saturated rings. The van der Waals surface area contributed by atoms with E-state index in [1.54, 1.807) is 54.6 Å². The van der Waals surface area contributed by atoms with Crippen molar-refractivity contribution in [2.45, 2.75) is 213 Å². The third-order valence-electron chi connectivity index (χ3n) is 25.1. The summed E-state index contributed by atoms with van der Waals surface area (Å²) in [6, 6.07) is 14.4. The summed E-state index contributed by atoms with van der Waals surface area (Å²) in [4.78, 5) is 132. The summed E-state index contributed by atoms with van der Waals surface area (Å²) in [6.07, 6.45) is 7.01. The number of likely N-dealkylation sites (tertiary alicyclic amines) is 2. The number of carbonyl (C=O) groups is 8. The Bertz CT molecular complexity index is 5460. The lowest BCUT2D eigenvalue weighted by Crippen LogP contribution is -2.48. The van der Waals surface area contributed by atoms with Crippen LogP contribution < -0.4 is 30.3 Å². The van der Waals surface area contributed by atoms with Gasteiger partial charge in [0.1, 0.15) is 51.3 Å². The summed E-state index contributed by atoms with van der Waals surface area (Å²) in [7, 11) is 0.0798. The Morgan fingerprint density at radius 3 is 1.59 bits per heavy atom. The molecular weight excluding hydrogens is 1760 g/mol. The molecule has 15 rings (SSSR count). The highest BCUT2D eigenvalue weighted by Gasteiger charge is 2.63. The second-order valence-corrected chi connectivity index (χ2v) is 41.9. The Hall–Kier alpha value is -8.99. The molecule has 35 heteroatoms. The molecule has 3 aromatic carbocycles. The van der Waals surface area contributed by atoms with Gasteiger partial charge in [0, 0.05) is 71.7 Å². The molecule has 4 aromatic heterocycles. The van der Waals surface area contributed by atoms with Crippen molar-refractivity contribution >= 4 is 151 Å². The third kappa shape index (κ3) is 20.7. The number of amides is 2. The number of methoxy groups -OCH3 is 3. The molecule has 0 spiro atoms. The minimum absolute atomic E-state index is 0.0259. The van der Waals surface area contributed by atoms with Crippen molar-refractivity contribution in [1.29, 1.82) is 0 Å². The fourth-order valence-corrected chi connectivity index (χ4v) is 21.5. The highest BCUT2D eigenvalue weighted by Crippen LogP contribution is 2.59. The van der Waals surface area contributed by atoms with Crippen LogP contribution in [-0.2, 0) is 66.9 Å². The number of hydrogen-bond donors (Lipinski definition) is 4. The number of nitrogens with zero attached hydrogens (tertiary/aromatic N) is 7. The number of H-pyrrole nitrogens is 1. The van der Waals surface area contributed by atoms with Gasteiger partial charge in [0.15, 0.2) is 27.0 Å². The number of nitrogens with one attached hydrogen (secondary N) is 3. The molecule has 2 aliphatic heterocycles. The molecule has 6 heterocycles. The van der Waals surface area contributed by atoms with E-state index in [1.165, 1.54) is 84.8 Å². The number of ether oxygens (including phenoxy) is 6. The lowest BCUT2D eigenvalue weighted by atomic mass is 9.77. The molecule has 4 N–H and O–H groups in total. The average Bonchev–Trinajstić information content (AvgIpc) is 1.58. The van der Waals surface area contributed by atoms with Crippen LogP contribution in [0.1, 0.15) is 159 Å². The summed E-state index contributed by atoms with van der Waals surface area (Å²) in [6.45, 7) is 26.7. The van der Waals surface area contributed by atoms with E-state index < -0.39 is 103 Å². The molecular formula is C89H107BrCl2N10O19S3. The van der Waals surface area contributed by atoms with Crippen LogP contribution in [0.5, 0.6) is 17.2 Å². The first-order valence-electron chi connectivity index (χ1n) is 41.8. The first-order valence-corrected chi connectivity index (χ1v) is 46.4. The number of Topliss-reactive ketones (excluding diaryl/α,β-unsaturated/α-hetero) is 2. The van der Waals surface area contributed by atoms with Gasteiger partial charge in [-0.2, -0.15) is 8.42 Å². The van der Waals surface area contributed by atoms with E-state index >= 15 is 0 Å². The zero-order valence-electron chi connectivity index (χ0n) is 71.7. The van der Waals surface area contributed by atoms with E-state index in [0.717, 1.165) is 25.7 Å². The van der Waals surface area contributed by atoms with Crippen molar-refractivity contribution in [3.63, 3.8) is 0 Å². The minimum Gasteiger partial charge on any atom is -0.495 e. The maximum Gasteiger partial charge on any atom is 0.312 e. The minimum atomic E-state index is -4.23. The molecule has 6 saturated carbocycles. The van der Waals surface area contributed by atoms with Crippen LogP contribution in [0.4, 0.5) is 10.3 Å². The van der Waals surface area contributed by atoms with E-state index in [9.17, 15) is 56.7 Å². The zero-order valence-corrected chi connectivity index (χ0v) is 77.2. The zero-order chi connectivity index (χ0) is 89.7. The third-order valence-corrected chi connectivity index (χ3v) is 29.5. The molecule has 666 valence electrons. The Balaban J connectivity index is 0.000000173. The SMILES string of the molecule is C=C[C@@H]1C[C@]1(CC(=O)[C@@H]1C[C@@H](Oc2cc(-c3nnc(NC(C)C)s3)nc3c(Cl)c(OC)ccc23)CN1C(=O)[C@@H](CC(=O)OC1C[C@@H]2C[C@@H]2C1)C(C)(C)C)C(=O)O.C=C[C@@H]1C[C@]1(CC(=O)[C@@H]1C[C@H](OS(=O)(=O)c2ccc(Br)cc2)CN1C(=O)[C@@H](CC(=O)OC1CC2C[C@H]2C1)C(C)(C)C)C(=O)OC.COc1ccc2c(=O)cc(-c3nnc(NC(C)C)s3)[nH]c2c1Cl. The number of aliphatic carboxylic acids is 1. The number of halogens is 3. The van der Waals surface area contributed by atoms with Crippen LogP contribution in [0.15, 0.2) is 100 Å². The lowest BCUT2D eigenvalue weighted by Gasteiger charge is -2.35. The van der Waals surface area contributed by atoms with Gasteiger partial charge in [0.2, 0.25) is 22.1 Å². The van der Waals surface area contributed by atoms with Crippen molar-refractivity contribution in [2.24, 2.45) is 69.0 Å². The van der Waals surface area contributed by atoms with E-state index in [-0.39, 0.29) is 115 Å². The second kappa shape index (κ2) is 37.1. The standard InChI is InChI=1S/C41H50ClN5O8S.C33H42BrNO9S.C15H15ClN4O2S/c1-8-23-17-41(23,38(51)52)18-30(48)29-14-25(19-47(29)37(50)27(40(4,5)6)15-33(49)55-24-12-21-11-22(21)13-24)54-32-16-28(36-45-46-39(56-36)43-20(2)3)44-35-26(32)9-10-31(53-7)34(35)42;1-6-21-16-33(21,31(39)42-5)17-28(36)27-14-24(44-45(40,41)25-9-7-22(34)8-10-25)18-35(27)30(38)26(32(2,3)4)15-29(37)43-23-12-19-11-20(19)13-23;1-7(2)17-15-20-19-14(23-15)9-6-10(21)8-4-5-11(22-3)12(16)13(8)18-9/h8-10,16,20-25,27,29H,1,11-15,17-19H2,2-7H3,(H,43,46)(H,51,52);6-10,19-21,23-24,26-27H,1,11-18H2,2-5H3;4-7H,1-3H3,(H,17,20)(H,18,21)/t21-,22+,23-,24?,25-,27-,29+,41-;19-,20?,21+,23?,24-,26+,27-,33+;/m10./s1. The smallest absolute Gasteiger partial charge is 0.312 e. The normalized spacial score (nSPS) is 25.6. The van der Waals surface area contributed by atoms with Crippen molar-refractivity contribution in [2.75, 3.05) is 45.1 Å². The van der Waals surface area contributed by atoms with Gasteiger partial charge in [-0.1, -0.05) is 115 Å². The summed E-state index contributed by atoms with van der Waals surface area (Å²) in [5, 5.41) is 37.6. The molecule has 0 radical (unpaired) electrons. The van der Waals surface area contributed by atoms with Crippen LogP contribution >= 0.6 is 61.8 Å². The molecule has 6 aliphatic carbocycles. The molecule has 0 bridgehead atoms. The Morgan fingerprint density at radius 2 is 1.10 bits per heavy atom. The van der Waals surface area contributed by atoms with Gasteiger partial charge in [-0.3, -0.25) is 47.3 Å². The number of carboxylic acid groups (broad SMARTS) is 1. The van der Waals surface area contributed by atoms with Gasteiger partial charge < -0.3 is 58.9 Å². The quantitative estimate of drug-likeness (QED) is 0.0136. The first-order chi connectivity index (χ1) is 58.6. The molecule has 8 aliphatic rings.